The molecular weight excluding hydrogens is 398 g/mol. The van der Waals surface area contributed by atoms with Crippen molar-refractivity contribution in [1.29, 1.82) is 0 Å². The van der Waals surface area contributed by atoms with Crippen LogP contribution in [0.15, 0.2) is 54.6 Å². The number of hydrogen-bond donors (Lipinski definition) is 3. The summed E-state index contributed by atoms with van der Waals surface area (Å²) >= 11 is 0. The van der Waals surface area contributed by atoms with Crippen molar-refractivity contribution < 1.29 is 5.11 Å². The van der Waals surface area contributed by atoms with Gasteiger partial charge in [-0.2, -0.15) is 4.98 Å². The van der Waals surface area contributed by atoms with Gasteiger partial charge in [-0.15, -0.1) is 0 Å². The molecule has 1 heterocycles. The standard InChI is InChI=1S/C26H35N5O/c1-31(2)25-23-10-6-7-11-24(23)29-26(30-25)28-22-14-12-19(13-15-22)16-27-17-21(18-32)20-8-4-3-5-9-20/h3-11,19,21-22,27,32H,12-18H2,1-2H3,(H,28,29,30)/t19-,21?,22+. The number of nitrogens with one attached hydrogen (secondary N) is 2. The molecule has 4 rings (SSSR count). The number of fused-ring (bicyclic) bond motifs is 1. The van der Waals surface area contributed by atoms with E-state index in [1.165, 1.54) is 18.4 Å². The zero-order chi connectivity index (χ0) is 22.3. The third kappa shape index (κ3) is 5.56. The van der Waals surface area contributed by atoms with Crippen molar-refractivity contribution in [2.75, 3.05) is 44.0 Å². The second kappa shape index (κ2) is 10.7. The van der Waals surface area contributed by atoms with Crippen LogP contribution in [0.4, 0.5) is 11.8 Å². The summed E-state index contributed by atoms with van der Waals surface area (Å²) < 4.78 is 0. The minimum Gasteiger partial charge on any atom is -0.396 e. The summed E-state index contributed by atoms with van der Waals surface area (Å²) in [6, 6.07) is 18.9. The molecule has 1 aromatic heterocycles. The van der Waals surface area contributed by atoms with Gasteiger partial charge in [0.25, 0.3) is 0 Å². The molecule has 0 bridgehead atoms. The molecule has 1 unspecified atom stereocenters. The Bertz CT molecular complexity index is 986. The van der Waals surface area contributed by atoms with Crippen LogP contribution in [0.3, 0.4) is 0 Å². The average molecular weight is 434 g/mol. The van der Waals surface area contributed by atoms with Crippen LogP contribution in [0, 0.1) is 5.92 Å². The molecule has 0 spiro atoms. The monoisotopic (exact) mass is 433 g/mol. The maximum atomic E-state index is 9.75. The van der Waals surface area contributed by atoms with E-state index in [2.05, 4.69) is 28.8 Å². The second-order valence-electron chi connectivity index (χ2n) is 9.09. The lowest BCUT2D eigenvalue weighted by atomic mass is 9.86. The van der Waals surface area contributed by atoms with E-state index in [1.807, 2.05) is 55.4 Å². The van der Waals surface area contributed by atoms with E-state index >= 15 is 0 Å². The molecule has 3 N–H and O–H groups in total. The molecule has 1 aliphatic carbocycles. The van der Waals surface area contributed by atoms with Gasteiger partial charge < -0.3 is 20.6 Å². The zero-order valence-corrected chi connectivity index (χ0v) is 19.2. The van der Waals surface area contributed by atoms with E-state index < -0.39 is 0 Å². The minimum atomic E-state index is 0.158. The number of anilines is 2. The predicted molar refractivity (Wildman–Crippen MR) is 132 cm³/mol. The fraction of sp³-hybridized carbons (Fsp3) is 0.462. The lowest BCUT2D eigenvalue weighted by Crippen LogP contribution is -2.33. The topological polar surface area (TPSA) is 73.3 Å². The Morgan fingerprint density at radius 2 is 1.69 bits per heavy atom. The highest BCUT2D eigenvalue weighted by atomic mass is 16.3. The van der Waals surface area contributed by atoms with Crippen LogP contribution in [0.1, 0.15) is 37.2 Å². The van der Waals surface area contributed by atoms with Crippen LogP contribution in [-0.4, -0.2) is 54.9 Å². The molecule has 0 radical (unpaired) electrons. The van der Waals surface area contributed by atoms with Crippen LogP contribution < -0.4 is 15.5 Å². The summed E-state index contributed by atoms with van der Waals surface area (Å²) in [5, 5.41) is 18.0. The van der Waals surface area contributed by atoms with Crippen LogP contribution in [0.2, 0.25) is 0 Å². The van der Waals surface area contributed by atoms with Crippen molar-refractivity contribution in [3.05, 3.63) is 60.2 Å². The smallest absolute Gasteiger partial charge is 0.225 e. The predicted octanol–water partition coefficient (Wildman–Crippen LogP) is 4.03. The second-order valence-corrected chi connectivity index (χ2v) is 9.09. The third-order valence-corrected chi connectivity index (χ3v) is 6.50. The van der Waals surface area contributed by atoms with E-state index in [4.69, 9.17) is 9.97 Å². The summed E-state index contributed by atoms with van der Waals surface area (Å²) in [7, 11) is 4.05. The first-order valence-electron chi connectivity index (χ1n) is 11.7. The number of aromatic nitrogens is 2. The Kier molecular flexibility index (Phi) is 7.55. The fourth-order valence-corrected chi connectivity index (χ4v) is 4.63. The molecule has 32 heavy (non-hydrogen) atoms. The van der Waals surface area contributed by atoms with Crippen LogP contribution in [0.25, 0.3) is 10.9 Å². The van der Waals surface area contributed by atoms with E-state index in [0.717, 1.165) is 48.6 Å². The van der Waals surface area contributed by atoms with Gasteiger partial charge in [-0.1, -0.05) is 42.5 Å². The Morgan fingerprint density at radius 3 is 2.41 bits per heavy atom. The van der Waals surface area contributed by atoms with Gasteiger partial charge >= 0.3 is 0 Å². The highest BCUT2D eigenvalue weighted by Crippen LogP contribution is 2.28. The molecule has 0 saturated heterocycles. The Labute approximate surface area is 191 Å². The highest BCUT2D eigenvalue weighted by Gasteiger charge is 2.22. The quantitative estimate of drug-likeness (QED) is 0.473. The summed E-state index contributed by atoms with van der Waals surface area (Å²) in [5.74, 6) is 2.51. The SMILES string of the molecule is CN(C)c1nc(N[C@H]2CC[C@@H](CNCC(CO)c3ccccc3)CC2)nc2ccccc12. The van der Waals surface area contributed by atoms with Crippen molar-refractivity contribution in [3.63, 3.8) is 0 Å². The summed E-state index contributed by atoms with van der Waals surface area (Å²) in [4.78, 5) is 11.6. The normalized spacial score (nSPS) is 19.6. The van der Waals surface area contributed by atoms with Crippen LogP contribution >= 0.6 is 0 Å². The molecule has 0 amide bonds. The van der Waals surface area contributed by atoms with Crippen molar-refractivity contribution in [2.24, 2.45) is 5.92 Å². The first-order valence-corrected chi connectivity index (χ1v) is 11.7. The number of benzene rings is 2. The lowest BCUT2D eigenvalue weighted by Gasteiger charge is -2.30. The van der Waals surface area contributed by atoms with E-state index in [1.54, 1.807) is 0 Å². The molecule has 2 aromatic carbocycles. The number of aliphatic hydroxyl groups is 1. The summed E-state index contributed by atoms with van der Waals surface area (Å²) in [6.45, 7) is 2.00. The van der Waals surface area contributed by atoms with Crippen molar-refractivity contribution in [1.82, 2.24) is 15.3 Å². The largest absolute Gasteiger partial charge is 0.396 e. The molecule has 6 nitrogen and oxygen atoms in total. The third-order valence-electron chi connectivity index (χ3n) is 6.50. The first kappa shape index (κ1) is 22.5. The lowest BCUT2D eigenvalue weighted by molar-refractivity contribution is 0.255. The van der Waals surface area contributed by atoms with Gasteiger partial charge in [0.05, 0.1) is 12.1 Å². The molecule has 3 aromatic rings. The Morgan fingerprint density at radius 1 is 0.969 bits per heavy atom. The van der Waals surface area contributed by atoms with E-state index in [0.29, 0.717) is 12.0 Å². The molecule has 1 atom stereocenters. The van der Waals surface area contributed by atoms with E-state index in [-0.39, 0.29) is 12.5 Å². The van der Waals surface area contributed by atoms with Crippen molar-refractivity contribution in [3.8, 4) is 0 Å². The van der Waals surface area contributed by atoms with Gasteiger partial charge in [0.1, 0.15) is 5.82 Å². The maximum Gasteiger partial charge on any atom is 0.225 e. The Balaban J connectivity index is 1.27. The molecule has 1 aliphatic rings. The number of aliphatic hydroxyl groups excluding tert-OH is 1. The van der Waals surface area contributed by atoms with Gasteiger partial charge in [0.15, 0.2) is 0 Å². The van der Waals surface area contributed by atoms with Gasteiger partial charge in [0, 0.05) is 38.0 Å². The minimum absolute atomic E-state index is 0.158. The van der Waals surface area contributed by atoms with Gasteiger partial charge in [0.2, 0.25) is 5.95 Å². The van der Waals surface area contributed by atoms with Crippen LogP contribution in [-0.2, 0) is 0 Å². The van der Waals surface area contributed by atoms with Gasteiger partial charge in [-0.05, 0) is 55.8 Å². The Hall–Kier alpha value is -2.70. The first-order chi connectivity index (χ1) is 15.6. The number of hydrogen-bond acceptors (Lipinski definition) is 6. The number of nitrogens with zero attached hydrogens (tertiary/aromatic N) is 3. The molecular formula is C26H35N5O. The maximum absolute atomic E-state index is 9.75. The molecule has 170 valence electrons. The average Bonchev–Trinajstić information content (AvgIpc) is 2.83. The van der Waals surface area contributed by atoms with Crippen LogP contribution in [0.5, 0.6) is 0 Å². The van der Waals surface area contributed by atoms with Gasteiger partial charge in [-0.3, -0.25) is 0 Å². The van der Waals surface area contributed by atoms with Crippen molar-refractivity contribution >= 4 is 22.7 Å². The summed E-state index contributed by atoms with van der Waals surface area (Å²) in [6.07, 6.45) is 4.63. The molecule has 1 fully saturated rings. The van der Waals surface area contributed by atoms with Crippen molar-refractivity contribution in [2.45, 2.75) is 37.6 Å². The highest BCUT2D eigenvalue weighted by molar-refractivity contribution is 5.90. The van der Waals surface area contributed by atoms with Gasteiger partial charge in [-0.25, -0.2) is 4.98 Å². The molecule has 0 aliphatic heterocycles. The fourth-order valence-electron chi connectivity index (χ4n) is 4.63. The number of rotatable bonds is 9. The van der Waals surface area contributed by atoms with E-state index in [9.17, 15) is 5.11 Å². The summed E-state index contributed by atoms with van der Waals surface area (Å²) in [5.41, 5.74) is 2.17. The number of para-hydroxylation sites is 1. The zero-order valence-electron chi connectivity index (χ0n) is 19.2. The molecule has 1 saturated carbocycles. The molecule has 6 heteroatoms.